The van der Waals surface area contributed by atoms with Crippen LogP contribution in [0.1, 0.15) is 34.6 Å². The van der Waals surface area contributed by atoms with Gasteiger partial charge in [0.15, 0.2) is 12.4 Å². The van der Waals surface area contributed by atoms with Crippen molar-refractivity contribution >= 4 is 39.0 Å². The second-order valence-electron chi connectivity index (χ2n) is 11.7. The predicted molar refractivity (Wildman–Crippen MR) is 190 cm³/mol. The maximum atomic E-state index is 6.42. The summed E-state index contributed by atoms with van der Waals surface area (Å²) in [5.74, 6) is 2.42. The molecule has 2 aliphatic heterocycles. The second kappa shape index (κ2) is 11.3. The van der Waals surface area contributed by atoms with Crippen molar-refractivity contribution in [3.05, 3.63) is 174 Å². The Labute approximate surface area is 272 Å². The summed E-state index contributed by atoms with van der Waals surface area (Å²) >= 11 is 0. The van der Waals surface area contributed by atoms with Gasteiger partial charge in [0.25, 0.3) is 0 Å². The largest absolute Gasteiger partial charge is 0.464 e. The molecule has 3 heterocycles. The van der Waals surface area contributed by atoms with Gasteiger partial charge in [0.05, 0.1) is 16.9 Å². The first kappa shape index (κ1) is 27.1. The molecule has 224 valence electrons. The molecular weight excluding hydrogens is 578 g/mol. The number of benzene rings is 6. The summed E-state index contributed by atoms with van der Waals surface area (Å²) in [6.45, 7) is 0. The van der Waals surface area contributed by atoms with E-state index in [0.717, 1.165) is 78.3 Å². The van der Waals surface area contributed by atoms with E-state index < -0.39 is 6.17 Å². The summed E-state index contributed by atoms with van der Waals surface area (Å²) in [4.78, 5) is 15.4. The van der Waals surface area contributed by atoms with Crippen LogP contribution in [-0.4, -0.2) is 16.7 Å². The van der Waals surface area contributed by atoms with E-state index in [2.05, 4.69) is 102 Å². The van der Waals surface area contributed by atoms with Crippen LogP contribution >= 0.6 is 0 Å². The summed E-state index contributed by atoms with van der Waals surface area (Å²) in [5, 5.41) is 10.4. The lowest BCUT2D eigenvalue weighted by Crippen LogP contribution is -2.35. The molecule has 0 saturated carbocycles. The molecule has 0 amide bonds. The number of aromatic nitrogens is 1. The van der Waals surface area contributed by atoms with Crippen molar-refractivity contribution in [2.24, 2.45) is 9.98 Å². The maximum Gasteiger partial charge on any atom is 0.196 e. The summed E-state index contributed by atoms with van der Waals surface area (Å²) < 4.78 is 6.42. The molecule has 47 heavy (non-hydrogen) atoms. The lowest BCUT2D eigenvalue weighted by atomic mass is 9.97. The van der Waals surface area contributed by atoms with Crippen molar-refractivity contribution < 1.29 is 4.74 Å². The molecule has 1 atom stereocenters. The first-order valence-electron chi connectivity index (χ1n) is 15.8. The van der Waals surface area contributed by atoms with Gasteiger partial charge in [-0.1, -0.05) is 127 Å². The van der Waals surface area contributed by atoms with Gasteiger partial charge in [0.1, 0.15) is 17.4 Å². The van der Waals surface area contributed by atoms with Crippen molar-refractivity contribution in [3.63, 3.8) is 0 Å². The number of pyridine rings is 1. The third kappa shape index (κ3) is 4.87. The molecule has 0 bridgehead atoms. The number of amidine groups is 2. The number of aliphatic imine (C=N–C) groups is 2. The van der Waals surface area contributed by atoms with Crippen LogP contribution < -0.4 is 15.4 Å². The Kier molecular flexibility index (Phi) is 6.49. The number of hydrogen-bond donors (Lipinski definition) is 2. The molecule has 1 aromatic heterocycles. The predicted octanol–water partition coefficient (Wildman–Crippen LogP) is 9.05. The summed E-state index contributed by atoms with van der Waals surface area (Å²) in [5.41, 5.74) is 7.91. The van der Waals surface area contributed by atoms with Crippen molar-refractivity contribution in [2.75, 3.05) is 5.32 Å². The van der Waals surface area contributed by atoms with E-state index in [0.29, 0.717) is 0 Å². The Morgan fingerprint density at radius 3 is 1.87 bits per heavy atom. The fourth-order valence-corrected chi connectivity index (χ4v) is 6.48. The van der Waals surface area contributed by atoms with Crippen LogP contribution in [-0.2, 0) is 0 Å². The van der Waals surface area contributed by atoms with E-state index in [9.17, 15) is 0 Å². The van der Waals surface area contributed by atoms with E-state index in [1.165, 1.54) is 0 Å². The molecule has 6 nitrogen and oxygen atoms in total. The third-order valence-electron chi connectivity index (χ3n) is 8.74. The fourth-order valence-electron chi connectivity index (χ4n) is 6.48. The summed E-state index contributed by atoms with van der Waals surface area (Å²) in [6, 6.07) is 51.6. The standard InChI is InChI=1S/C41H29N5O/c1-4-13-26(14-5-1)38-44-39(27-15-6-2-7-16-27)46-40(45-38)30-20-12-19-29(25-30)36-32-23-24-34-37(35(32)31-21-10-11-22-33(31)42-36)43-41(47-34)28-17-8-3-9-18-28/h1-25,40-41,43H,(H,44,45,46). The normalized spacial score (nSPS) is 15.7. The van der Waals surface area contributed by atoms with Crippen molar-refractivity contribution in [1.29, 1.82) is 0 Å². The van der Waals surface area contributed by atoms with Crippen molar-refractivity contribution in [2.45, 2.75) is 12.4 Å². The topological polar surface area (TPSA) is 70.9 Å². The smallest absolute Gasteiger partial charge is 0.196 e. The highest BCUT2D eigenvalue weighted by Crippen LogP contribution is 2.47. The third-order valence-corrected chi connectivity index (χ3v) is 8.74. The van der Waals surface area contributed by atoms with Gasteiger partial charge >= 0.3 is 0 Å². The molecular formula is C41H29N5O. The van der Waals surface area contributed by atoms with E-state index in [1.807, 2.05) is 60.7 Å². The van der Waals surface area contributed by atoms with E-state index in [4.69, 9.17) is 19.7 Å². The average Bonchev–Trinajstić information content (AvgIpc) is 3.60. The highest BCUT2D eigenvalue weighted by molar-refractivity contribution is 6.18. The minimum Gasteiger partial charge on any atom is -0.464 e. The number of nitrogens with zero attached hydrogens (tertiary/aromatic N) is 3. The molecule has 9 rings (SSSR count). The molecule has 0 aliphatic carbocycles. The molecule has 0 spiro atoms. The zero-order valence-electron chi connectivity index (χ0n) is 25.3. The number of anilines is 1. The molecule has 0 radical (unpaired) electrons. The Balaban J connectivity index is 1.18. The highest BCUT2D eigenvalue weighted by atomic mass is 16.5. The zero-order valence-corrected chi connectivity index (χ0v) is 25.3. The number of para-hydroxylation sites is 1. The van der Waals surface area contributed by atoms with Crippen LogP contribution in [0.15, 0.2) is 162 Å². The summed E-state index contributed by atoms with van der Waals surface area (Å²) in [7, 11) is 0. The van der Waals surface area contributed by atoms with E-state index in [1.54, 1.807) is 0 Å². The van der Waals surface area contributed by atoms with Gasteiger partial charge in [-0.25, -0.2) is 15.0 Å². The van der Waals surface area contributed by atoms with Crippen molar-refractivity contribution in [3.8, 4) is 17.0 Å². The molecule has 2 N–H and O–H groups in total. The Hall–Kier alpha value is -6.27. The van der Waals surface area contributed by atoms with Crippen LogP contribution in [0, 0.1) is 0 Å². The van der Waals surface area contributed by atoms with Gasteiger partial charge in [-0.3, -0.25) is 0 Å². The number of rotatable bonds is 5. The molecule has 2 aliphatic rings. The Morgan fingerprint density at radius 1 is 0.532 bits per heavy atom. The van der Waals surface area contributed by atoms with Crippen molar-refractivity contribution in [1.82, 2.24) is 10.3 Å². The molecule has 6 heteroatoms. The zero-order chi connectivity index (χ0) is 31.2. The lowest BCUT2D eigenvalue weighted by molar-refractivity contribution is 0.260. The van der Waals surface area contributed by atoms with E-state index in [-0.39, 0.29) is 6.23 Å². The van der Waals surface area contributed by atoms with Crippen LogP contribution in [0.3, 0.4) is 0 Å². The van der Waals surface area contributed by atoms with Gasteiger partial charge < -0.3 is 15.4 Å². The van der Waals surface area contributed by atoms with Crippen LogP contribution in [0.5, 0.6) is 5.75 Å². The maximum absolute atomic E-state index is 6.42. The molecule has 0 fully saturated rings. The number of ether oxygens (including phenoxy) is 1. The number of fused-ring (bicyclic) bond motifs is 5. The number of nitrogens with one attached hydrogen (secondary N) is 2. The van der Waals surface area contributed by atoms with Crippen LogP contribution in [0.25, 0.3) is 32.9 Å². The lowest BCUT2D eigenvalue weighted by Gasteiger charge is -2.22. The first-order chi connectivity index (χ1) is 23.3. The summed E-state index contributed by atoms with van der Waals surface area (Å²) in [6.07, 6.45) is -0.692. The highest BCUT2D eigenvalue weighted by Gasteiger charge is 2.28. The van der Waals surface area contributed by atoms with Crippen LogP contribution in [0.4, 0.5) is 5.69 Å². The molecule has 7 aromatic rings. The Bertz CT molecular complexity index is 2280. The SMILES string of the molecule is c1ccc(C2=NC(c3cccc(-c4nc5ccccc5c5c6c(ccc45)OC(c4ccccc4)N6)c3)N=C(c3ccccc3)N2)cc1. The van der Waals surface area contributed by atoms with Gasteiger partial charge in [-0.2, -0.15) is 0 Å². The molecule has 0 saturated heterocycles. The average molecular weight is 608 g/mol. The second-order valence-corrected chi connectivity index (χ2v) is 11.7. The minimum atomic E-state index is -0.431. The van der Waals surface area contributed by atoms with Crippen LogP contribution in [0.2, 0.25) is 0 Å². The van der Waals surface area contributed by atoms with Gasteiger partial charge in [0, 0.05) is 38.4 Å². The van der Waals surface area contributed by atoms with Gasteiger partial charge in [-0.05, 0) is 29.8 Å². The monoisotopic (exact) mass is 607 g/mol. The Morgan fingerprint density at radius 2 is 1.15 bits per heavy atom. The minimum absolute atomic E-state index is 0.260. The molecule has 1 unspecified atom stereocenters. The van der Waals surface area contributed by atoms with Gasteiger partial charge in [0.2, 0.25) is 0 Å². The molecule has 6 aromatic carbocycles. The quantitative estimate of drug-likeness (QED) is 0.192. The van der Waals surface area contributed by atoms with Gasteiger partial charge in [-0.15, -0.1) is 0 Å². The fraction of sp³-hybridized carbons (Fsp3) is 0.0488. The van der Waals surface area contributed by atoms with E-state index >= 15 is 0 Å². The first-order valence-corrected chi connectivity index (χ1v) is 15.8. The number of hydrogen-bond acceptors (Lipinski definition) is 6.